The summed E-state index contributed by atoms with van der Waals surface area (Å²) < 4.78 is 1.35. The molecule has 0 amide bonds. The maximum Gasteiger partial charge on any atom is 0.0562 e. The molecular formula is C13H15NS. The molecule has 1 aliphatic carbocycles. The Morgan fingerprint density at radius 3 is 2.53 bits per heavy atom. The number of thiophene rings is 1. The molecule has 1 fully saturated rings. The van der Waals surface area contributed by atoms with Gasteiger partial charge >= 0.3 is 0 Å². The zero-order valence-corrected chi connectivity index (χ0v) is 9.90. The first-order valence-electron chi connectivity index (χ1n) is 5.31. The van der Waals surface area contributed by atoms with Gasteiger partial charge in [-0.05, 0) is 29.4 Å². The summed E-state index contributed by atoms with van der Waals surface area (Å²) in [5.74, 6) is 0. The highest BCUT2D eigenvalue weighted by molar-refractivity contribution is 7.19. The van der Waals surface area contributed by atoms with E-state index in [0.29, 0.717) is 0 Å². The Morgan fingerprint density at radius 1 is 1.27 bits per heavy atom. The van der Waals surface area contributed by atoms with Crippen molar-refractivity contribution in [2.24, 2.45) is 11.1 Å². The van der Waals surface area contributed by atoms with Crippen LogP contribution in [0.4, 0.5) is 0 Å². The Kier molecular flexibility index (Phi) is 1.64. The molecule has 1 heterocycles. The summed E-state index contributed by atoms with van der Waals surface area (Å²) in [7, 11) is 0. The largest absolute Gasteiger partial charge is 0.320 e. The van der Waals surface area contributed by atoms with Crippen LogP contribution in [0.15, 0.2) is 30.3 Å². The van der Waals surface area contributed by atoms with E-state index in [4.69, 9.17) is 5.73 Å². The SMILES string of the molecule is CC1(C)CC1(N)c1cc2ccccc2s1. The second-order valence-electron chi connectivity index (χ2n) is 5.18. The molecule has 2 aromatic rings. The number of fused-ring (bicyclic) bond motifs is 1. The van der Waals surface area contributed by atoms with E-state index in [1.165, 1.54) is 15.0 Å². The first-order valence-corrected chi connectivity index (χ1v) is 6.13. The molecule has 1 aromatic heterocycles. The van der Waals surface area contributed by atoms with Crippen LogP contribution < -0.4 is 5.73 Å². The highest BCUT2D eigenvalue weighted by Gasteiger charge is 2.60. The standard InChI is InChI=1S/C13H15NS/c1-12(2)8-13(12,14)11-7-9-5-3-4-6-10(9)15-11/h3-7H,8,14H2,1-2H3. The fourth-order valence-electron chi connectivity index (χ4n) is 2.28. The molecule has 0 spiro atoms. The van der Waals surface area contributed by atoms with Crippen LogP contribution in [0.3, 0.4) is 0 Å². The third kappa shape index (κ3) is 1.18. The van der Waals surface area contributed by atoms with E-state index in [9.17, 15) is 0 Å². The van der Waals surface area contributed by atoms with Gasteiger partial charge in [-0.2, -0.15) is 0 Å². The Morgan fingerprint density at radius 2 is 1.93 bits per heavy atom. The highest BCUT2D eigenvalue weighted by atomic mass is 32.1. The van der Waals surface area contributed by atoms with Crippen LogP contribution in [-0.2, 0) is 5.54 Å². The van der Waals surface area contributed by atoms with Crippen LogP contribution in [0.5, 0.6) is 0 Å². The van der Waals surface area contributed by atoms with Gasteiger partial charge in [0.25, 0.3) is 0 Å². The first kappa shape index (κ1) is 9.37. The number of hydrogen-bond donors (Lipinski definition) is 1. The van der Waals surface area contributed by atoms with Gasteiger partial charge in [0.1, 0.15) is 0 Å². The second kappa shape index (κ2) is 2.63. The minimum Gasteiger partial charge on any atom is -0.320 e. The number of hydrogen-bond acceptors (Lipinski definition) is 2. The van der Waals surface area contributed by atoms with Crippen LogP contribution in [0, 0.1) is 5.41 Å². The van der Waals surface area contributed by atoms with E-state index in [1.54, 1.807) is 0 Å². The van der Waals surface area contributed by atoms with Crippen LogP contribution >= 0.6 is 11.3 Å². The van der Waals surface area contributed by atoms with Gasteiger partial charge < -0.3 is 5.73 Å². The molecule has 1 unspecified atom stereocenters. The maximum atomic E-state index is 6.42. The Balaban J connectivity index is 2.14. The molecule has 1 atom stereocenters. The van der Waals surface area contributed by atoms with Crippen molar-refractivity contribution in [1.82, 2.24) is 0 Å². The van der Waals surface area contributed by atoms with Crippen LogP contribution in [0.25, 0.3) is 10.1 Å². The highest BCUT2D eigenvalue weighted by Crippen LogP contribution is 2.61. The molecule has 0 bridgehead atoms. The molecule has 2 N–H and O–H groups in total. The van der Waals surface area contributed by atoms with Crippen LogP contribution in [0.2, 0.25) is 0 Å². The van der Waals surface area contributed by atoms with Crippen LogP contribution in [-0.4, -0.2) is 0 Å². The van der Waals surface area contributed by atoms with Gasteiger partial charge in [-0.3, -0.25) is 0 Å². The average molecular weight is 217 g/mol. The van der Waals surface area contributed by atoms with Gasteiger partial charge in [-0.1, -0.05) is 32.0 Å². The summed E-state index contributed by atoms with van der Waals surface area (Å²) in [5, 5.41) is 1.32. The summed E-state index contributed by atoms with van der Waals surface area (Å²) in [4.78, 5) is 1.34. The number of nitrogens with two attached hydrogens (primary N) is 1. The summed E-state index contributed by atoms with van der Waals surface area (Å²) in [5.41, 5.74) is 6.62. The van der Waals surface area contributed by atoms with Crippen molar-refractivity contribution in [3.63, 3.8) is 0 Å². The van der Waals surface area contributed by atoms with Gasteiger partial charge in [-0.15, -0.1) is 11.3 Å². The summed E-state index contributed by atoms with van der Waals surface area (Å²) in [6.07, 6.45) is 1.10. The molecular weight excluding hydrogens is 202 g/mol. The molecule has 3 rings (SSSR count). The van der Waals surface area contributed by atoms with Crippen molar-refractivity contribution in [2.75, 3.05) is 0 Å². The molecule has 1 aliphatic rings. The fourth-order valence-corrected chi connectivity index (χ4v) is 3.62. The average Bonchev–Trinajstić information content (AvgIpc) is 2.61. The van der Waals surface area contributed by atoms with Crippen LogP contribution in [0.1, 0.15) is 25.1 Å². The van der Waals surface area contributed by atoms with E-state index < -0.39 is 0 Å². The predicted molar refractivity (Wildman–Crippen MR) is 66.1 cm³/mol. The Hall–Kier alpha value is -0.860. The lowest BCUT2D eigenvalue weighted by Gasteiger charge is -2.11. The summed E-state index contributed by atoms with van der Waals surface area (Å²) >= 11 is 1.84. The van der Waals surface area contributed by atoms with Crippen molar-refractivity contribution in [1.29, 1.82) is 0 Å². The van der Waals surface area contributed by atoms with E-state index in [2.05, 4.69) is 44.2 Å². The normalized spacial score (nSPS) is 28.2. The molecule has 1 aromatic carbocycles. The second-order valence-corrected chi connectivity index (χ2v) is 6.26. The topological polar surface area (TPSA) is 26.0 Å². The van der Waals surface area contributed by atoms with Gasteiger partial charge in [0.05, 0.1) is 5.54 Å². The third-order valence-corrected chi connectivity index (χ3v) is 4.96. The lowest BCUT2D eigenvalue weighted by molar-refractivity contribution is 0.517. The lowest BCUT2D eigenvalue weighted by Crippen LogP contribution is -2.23. The zero-order valence-electron chi connectivity index (χ0n) is 9.08. The molecule has 15 heavy (non-hydrogen) atoms. The van der Waals surface area contributed by atoms with E-state index in [-0.39, 0.29) is 11.0 Å². The monoisotopic (exact) mass is 217 g/mol. The van der Waals surface area contributed by atoms with Crippen molar-refractivity contribution >= 4 is 21.4 Å². The molecule has 1 nitrogen and oxygen atoms in total. The molecule has 0 radical (unpaired) electrons. The number of benzene rings is 1. The molecule has 2 heteroatoms. The molecule has 0 aliphatic heterocycles. The number of rotatable bonds is 1. The molecule has 78 valence electrons. The van der Waals surface area contributed by atoms with E-state index in [1.807, 2.05) is 11.3 Å². The third-order valence-electron chi connectivity index (χ3n) is 3.67. The summed E-state index contributed by atoms with van der Waals surface area (Å²) in [6, 6.07) is 10.8. The molecule has 0 saturated heterocycles. The van der Waals surface area contributed by atoms with Crippen molar-refractivity contribution in [3.05, 3.63) is 35.2 Å². The maximum absolute atomic E-state index is 6.42. The van der Waals surface area contributed by atoms with Crippen molar-refractivity contribution in [2.45, 2.75) is 25.8 Å². The zero-order chi connectivity index (χ0) is 10.7. The van der Waals surface area contributed by atoms with Gasteiger partial charge in [0, 0.05) is 9.58 Å². The predicted octanol–water partition coefficient (Wildman–Crippen LogP) is 3.49. The lowest BCUT2D eigenvalue weighted by atomic mass is 10.0. The minimum absolute atomic E-state index is 0.0727. The van der Waals surface area contributed by atoms with Gasteiger partial charge in [0.15, 0.2) is 0 Å². The van der Waals surface area contributed by atoms with Crippen molar-refractivity contribution < 1.29 is 0 Å². The van der Waals surface area contributed by atoms with E-state index >= 15 is 0 Å². The van der Waals surface area contributed by atoms with Crippen molar-refractivity contribution in [3.8, 4) is 0 Å². The van der Waals surface area contributed by atoms with Gasteiger partial charge in [-0.25, -0.2) is 0 Å². The van der Waals surface area contributed by atoms with E-state index in [0.717, 1.165) is 6.42 Å². The minimum atomic E-state index is -0.0727. The quantitative estimate of drug-likeness (QED) is 0.777. The first-order chi connectivity index (χ1) is 7.03. The smallest absolute Gasteiger partial charge is 0.0562 e. The molecule has 1 saturated carbocycles. The fraction of sp³-hybridized carbons (Fsp3) is 0.385. The van der Waals surface area contributed by atoms with Gasteiger partial charge in [0.2, 0.25) is 0 Å². The Labute approximate surface area is 93.9 Å². The Bertz CT molecular complexity index is 493. The summed E-state index contributed by atoms with van der Waals surface area (Å²) in [6.45, 7) is 4.49.